The summed E-state index contributed by atoms with van der Waals surface area (Å²) in [7, 11) is 0. The number of ether oxygens (including phenoxy) is 3. The van der Waals surface area contributed by atoms with E-state index in [9.17, 15) is 18.4 Å². The molecule has 2 heterocycles. The van der Waals surface area contributed by atoms with Crippen LogP contribution < -0.4 is 9.47 Å². The Kier molecular flexibility index (Phi) is 13.5. The maximum atomic E-state index is 14.7. The fourth-order valence-electron chi connectivity index (χ4n) is 6.82. The molecule has 6 rings (SSSR count). The van der Waals surface area contributed by atoms with Crippen molar-refractivity contribution in [2.75, 3.05) is 19.8 Å². The molecule has 1 saturated carbocycles. The third-order valence-electron chi connectivity index (χ3n) is 9.61. The molecule has 3 aromatic carbocycles. The molecule has 3 aromatic rings. The van der Waals surface area contributed by atoms with Gasteiger partial charge in [0, 0.05) is 25.0 Å². The first-order chi connectivity index (χ1) is 26.0. The third kappa shape index (κ3) is 9.75. The summed E-state index contributed by atoms with van der Waals surface area (Å²) in [5, 5.41) is 17.4. The minimum atomic E-state index is -0.758. The van der Waals surface area contributed by atoms with E-state index in [0.29, 0.717) is 77.6 Å². The Morgan fingerprint density at radius 2 is 1.59 bits per heavy atom. The van der Waals surface area contributed by atoms with E-state index in [0.717, 1.165) is 30.5 Å². The van der Waals surface area contributed by atoms with Crippen LogP contribution in [0.5, 0.6) is 11.5 Å². The average molecular weight is 811 g/mol. The van der Waals surface area contributed by atoms with E-state index < -0.39 is 28.8 Å². The first-order valence-electron chi connectivity index (χ1n) is 17.8. The van der Waals surface area contributed by atoms with Gasteiger partial charge in [-0.1, -0.05) is 59.1 Å². The lowest BCUT2D eigenvalue weighted by molar-refractivity contribution is -0.492. The van der Waals surface area contributed by atoms with E-state index in [2.05, 4.69) is 4.84 Å². The zero-order valence-corrected chi connectivity index (χ0v) is 31.5. The lowest BCUT2D eigenvalue weighted by atomic mass is 9.97. The predicted octanol–water partition coefficient (Wildman–Crippen LogP) is 8.93. The van der Waals surface area contributed by atoms with Crippen molar-refractivity contribution >= 4 is 46.8 Å². The van der Waals surface area contributed by atoms with Crippen molar-refractivity contribution in [1.29, 1.82) is 0 Å². The SMILES string of the molecule is O=C(C1=C(Oc2ccc(CCCOc3c(F)ccc(F)c3Cl)cc2)CC2CCC1N2C(=O)OCCCCON(O)O)N(Cc1cccc(Cl)c1Cl)C1CC1. The molecule has 2 aliphatic heterocycles. The van der Waals surface area contributed by atoms with Crippen LogP contribution in [0.2, 0.25) is 15.1 Å². The Morgan fingerprint density at radius 3 is 2.33 bits per heavy atom. The van der Waals surface area contributed by atoms with E-state index >= 15 is 0 Å². The second kappa shape index (κ2) is 18.3. The average Bonchev–Trinajstić information content (AvgIpc) is 3.94. The number of amides is 2. The number of hydrogen-bond acceptors (Lipinski definition) is 9. The largest absolute Gasteiger partial charge is 0.489 e. The number of halogens is 5. The summed E-state index contributed by atoms with van der Waals surface area (Å²) in [6.45, 7) is 0.466. The van der Waals surface area contributed by atoms with Crippen LogP contribution in [0.4, 0.5) is 13.6 Å². The number of hydrogen-bond donors (Lipinski definition) is 2. The molecular formula is C38H40Cl3F2N3O8. The molecule has 0 spiro atoms. The van der Waals surface area contributed by atoms with Crippen molar-refractivity contribution < 1.29 is 47.8 Å². The number of carbonyl (C=O) groups is 2. The topological polar surface area (TPSA) is 121 Å². The molecule has 2 unspecified atom stereocenters. The van der Waals surface area contributed by atoms with E-state index in [4.69, 9.17) is 59.4 Å². The zero-order valence-electron chi connectivity index (χ0n) is 29.2. The van der Waals surface area contributed by atoms with Gasteiger partial charge in [0.15, 0.2) is 11.6 Å². The molecule has 2 atom stereocenters. The summed E-state index contributed by atoms with van der Waals surface area (Å²) in [4.78, 5) is 36.2. The lowest BCUT2D eigenvalue weighted by Crippen LogP contribution is -2.50. The van der Waals surface area contributed by atoms with Crippen molar-refractivity contribution in [2.24, 2.45) is 0 Å². The van der Waals surface area contributed by atoms with Gasteiger partial charge in [-0.25, -0.2) is 13.6 Å². The lowest BCUT2D eigenvalue weighted by Gasteiger charge is -2.38. The first kappa shape index (κ1) is 40.0. The highest BCUT2D eigenvalue weighted by Gasteiger charge is 2.50. The summed E-state index contributed by atoms with van der Waals surface area (Å²) in [5.74, 6) is -1.04. The zero-order chi connectivity index (χ0) is 38.4. The molecular weight excluding hydrogens is 771 g/mol. The number of fused-ring (bicyclic) bond motifs is 2. The fourth-order valence-corrected chi connectivity index (χ4v) is 7.40. The Bertz CT molecular complexity index is 1850. The molecule has 16 heteroatoms. The number of nitrogens with zero attached hydrogens (tertiary/aromatic N) is 3. The quantitative estimate of drug-likeness (QED) is 0.0782. The van der Waals surface area contributed by atoms with Crippen LogP contribution in [0.1, 0.15) is 62.5 Å². The van der Waals surface area contributed by atoms with Crippen LogP contribution in [-0.4, -0.2) is 75.6 Å². The summed E-state index contributed by atoms with van der Waals surface area (Å²) in [6, 6.07) is 13.8. The molecule has 11 nitrogen and oxygen atoms in total. The van der Waals surface area contributed by atoms with Gasteiger partial charge in [-0.3, -0.25) is 24.9 Å². The molecule has 2 bridgehead atoms. The molecule has 3 aliphatic rings. The van der Waals surface area contributed by atoms with Crippen LogP contribution >= 0.6 is 34.8 Å². The van der Waals surface area contributed by atoms with Crippen molar-refractivity contribution in [3.05, 3.63) is 104 Å². The van der Waals surface area contributed by atoms with E-state index in [1.54, 1.807) is 34.1 Å². The predicted molar refractivity (Wildman–Crippen MR) is 195 cm³/mol. The van der Waals surface area contributed by atoms with Gasteiger partial charge >= 0.3 is 6.09 Å². The van der Waals surface area contributed by atoms with Crippen molar-refractivity contribution in [3.63, 3.8) is 0 Å². The van der Waals surface area contributed by atoms with Gasteiger partial charge in [-0.2, -0.15) is 0 Å². The minimum Gasteiger partial charge on any atom is -0.489 e. The van der Waals surface area contributed by atoms with Crippen LogP contribution in [0, 0.1) is 11.6 Å². The maximum Gasteiger partial charge on any atom is 0.410 e. The number of carbonyl (C=O) groups excluding carboxylic acids is 2. The summed E-state index contributed by atoms with van der Waals surface area (Å²) >= 11 is 18.7. The van der Waals surface area contributed by atoms with E-state index in [1.807, 2.05) is 18.2 Å². The second-order valence-corrected chi connectivity index (χ2v) is 14.5. The summed E-state index contributed by atoms with van der Waals surface area (Å²) in [6.07, 6.45) is 4.56. The number of unbranched alkanes of at least 4 members (excludes halogenated alkanes) is 1. The van der Waals surface area contributed by atoms with Gasteiger partial charge in [-0.15, -0.1) is 0 Å². The normalized spacial score (nSPS) is 18.0. The number of benzene rings is 3. The molecule has 290 valence electrons. The minimum absolute atomic E-state index is 0.00601. The number of aryl methyl sites for hydroxylation is 1. The standard InChI is InChI=1S/C38H40Cl3F2N3O8/c39-28-7-3-6-24(34(28)40)22-44(25-10-11-25)37(47)33-31-17-12-26(45(31)38(48)52-18-1-2-20-53-46(49)50)21-32(33)54-27-13-8-23(9-14-27)5-4-19-51-36-30(43)16-15-29(42)35(36)41/h3,6-9,13-16,25-26,31,49-50H,1-2,4-5,10-12,17-22H2. The van der Waals surface area contributed by atoms with E-state index in [1.165, 1.54) is 0 Å². The molecule has 54 heavy (non-hydrogen) atoms. The first-order valence-corrected chi connectivity index (χ1v) is 18.9. The molecule has 2 fully saturated rings. The molecule has 0 radical (unpaired) electrons. The van der Waals surface area contributed by atoms with Gasteiger partial charge < -0.3 is 19.1 Å². The van der Waals surface area contributed by atoms with Crippen LogP contribution in [-0.2, 0) is 27.3 Å². The molecule has 2 amide bonds. The van der Waals surface area contributed by atoms with Crippen molar-refractivity contribution in [3.8, 4) is 11.5 Å². The van der Waals surface area contributed by atoms with Crippen molar-refractivity contribution in [1.82, 2.24) is 15.2 Å². The molecule has 2 N–H and O–H groups in total. The fraction of sp³-hybridized carbons (Fsp3) is 0.421. The molecule has 1 saturated heterocycles. The molecule has 0 aromatic heterocycles. The van der Waals surface area contributed by atoms with Gasteiger partial charge in [-0.05, 0) is 92.8 Å². The maximum absolute atomic E-state index is 14.7. The summed E-state index contributed by atoms with van der Waals surface area (Å²) < 4.78 is 45.3. The Morgan fingerprint density at radius 1 is 0.852 bits per heavy atom. The highest BCUT2D eigenvalue weighted by Crippen LogP contribution is 2.43. The highest BCUT2D eigenvalue weighted by molar-refractivity contribution is 6.42. The van der Waals surface area contributed by atoms with Crippen LogP contribution in [0.3, 0.4) is 0 Å². The Labute approximate surface area is 326 Å². The van der Waals surface area contributed by atoms with Crippen LogP contribution in [0.25, 0.3) is 0 Å². The number of rotatable bonds is 17. The molecule has 1 aliphatic carbocycles. The second-order valence-electron chi connectivity index (χ2n) is 13.4. The smallest absolute Gasteiger partial charge is 0.410 e. The summed E-state index contributed by atoms with van der Waals surface area (Å²) in [5.41, 5.74) is 2.06. The van der Waals surface area contributed by atoms with Gasteiger partial charge in [0.25, 0.3) is 5.91 Å². The Hall–Kier alpha value is -3.69. The monoisotopic (exact) mass is 809 g/mol. The third-order valence-corrected chi connectivity index (χ3v) is 10.8. The van der Waals surface area contributed by atoms with E-state index in [-0.39, 0.29) is 55.5 Å². The van der Waals surface area contributed by atoms with Crippen molar-refractivity contribution in [2.45, 2.75) is 82.5 Å². The van der Waals surface area contributed by atoms with Gasteiger partial charge in [0.2, 0.25) is 0 Å². The highest BCUT2D eigenvalue weighted by atomic mass is 35.5. The van der Waals surface area contributed by atoms with Gasteiger partial charge in [0.05, 0.1) is 46.9 Å². The van der Waals surface area contributed by atoms with Crippen LogP contribution in [0.15, 0.2) is 65.9 Å². The van der Waals surface area contributed by atoms with Gasteiger partial charge in [0.1, 0.15) is 22.3 Å². The Balaban J connectivity index is 1.18.